The van der Waals surface area contributed by atoms with Crippen LogP contribution in [0.2, 0.25) is 0 Å². The van der Waals surface area contributed by atoms with E-state index in [2.05, 4.69) is 15.5 Å². The summed E-state index contributed by atoms with van der Waals surface area (Å²) in [4.78, 5) is 26.7. The van der Waals surface area contributed by atoms with Gasteiger partial charge in [-0.1, -0.05) is 36.4 Å². The number of hydrazone groups is 1. The van der Waals surface area contributed by atoms with Gasteiger partial charge in [-0.3, -0.25) is 19.9 Å². The van der Waals surface area contributed by atoms with Gasteiger partial charge >= 0.3 is 0 Å². The van der Waals surface area contributed by atoms with Crippen LogP contribution >= 0.6 is 0 Å². The summed E-state index contributed by atoms with van der Waals surface area (Å²) in [6.07, 6.45) is 3.29. The molecule has 0 saturated heterocycles. The Hall–Kier alpha value is -3.87. The summed E-state index contributed by atoms with van der Waals surface area (Å²) in [5.41, 5.74) is 4.54. The van der Waals surface area contributed by atoms with E-state index >= 15 is 0 Å². The van der Waals surface area contributed by atoms with Crippen LogP contribution in [-0.2, 0) is 0 Å². The van der Waals surface area contributed by atoms with E-state index < -0.39 is 10.8 Å². The van der Waals surface area contributed by atoms with Gasteiger partial charge in [0.1, 0.15) is 0 Å². The van der Waals surface area contributed by atoms with E-state index in [4.69, 9.17) is 0 Å². The van der Waals surface area contributed by atoms with Gasteiger partial charge in [-0.2, -0.15) is 5.10 Å². The molecule has 1 heterocycles. The molecule has 0 atom stereocenters. The number of carbonyl (C=O) groups excluding carboxylic acids is 1. The smallest absolute Gasteiger partial charge is 0.267 e. The third-order valence-electron chi connectivity index (χ3n) is 3.57. The van der Waals surface area contributed by atoms with E-state index in [-0.39, 0.29) is 11.3 Å². The SMILES string of the molecule is O=C(N/N=C(\c1ccccc1)c1cccnc1)c1cccc([N+](=O)[O-])c1. The summed E-state index contributed by atoms with van der Waals surface area (Å²) in [5.74, 6) is -0.536. The van der Waals surface area contributed by atoms with Crippen LogP contribution in [-0.4, -0.2) is 21.5 Å². The molecular formula is C19H14N4O3. The molecule has 0 spiro atoms. The number of non-ortho nitro benzene ring substituents is 1. The van der Waals surface area contributed by atoms with Crippen LogP contribution in [0.25, 0.3) is 0 Å². The Morgan fingerprint density at radius 3 is 2.38 bits per heavy atom. The van der Waals surface area contributed by atoms with Gasteiger partial charge in [-0.05, 0) is 18.2 Å². The Kier molecular flexibility index (Phi) is 5.09. The summed E-state index contributed by atoms with van der Waals surface area (Å²) in [5, 5.41) is 15.1. The van der Waals surface area contributed by atoms with Crippen molar-refractivity contribution >= 4 is 17.3 Å². The Labute approximate surface area is 149 Å². The first-order valence-electron chi connectivity index (χ1n) is 7.73. The van der Waals surface area contributed by atoms with Gasteiger partial charge < -0.3 is 0 Å². The average Bonchev–Trinajstić information content (AvgIpc) is 2.69. The number of amides is 1. The van der Waals surface area contributed by atoms with Gasteiger partial charge in [-0.25, -0.2) is 5.43 Å². The normalized spacial score (nSPS) is 11.0. The summed E-state index contributed by atoms with van der Waals surface area (Å²) in [7, 11) is 0. The van der Waals surface area contributed by atoms with Crippen LogP contribution in [0.1, 0.15) is 21.5 Å². The number of aromatic nitrogens is 1. The first kappa shape index (κ1) is 17.0. The van der Waals surface area contributed by atoms with Gasteiger partial charge in [-0.15, -0.1) is 0 Å². The van der Waals surface area contributed by atoms with E-state index in [1.807, 2.05) is 36.4 Å². The molecule has 0 bridgehead atoms. The molecule has 2 aromatic carbocycles. The summed E-state index contributed by atoms with van der Waals surface area (Å²) in [6, 6.07) is 18.4. The quantitative estimate of drug-likeness (QED) is 0.436. The number of hydrogen-bond donors (Lipinski definition) is 1. The van der Waals surface area contributed by atoms with Crippen LogP contribution < -0.4 is 5.43 Å². The zero-order valence-electron chi connectivity index (χ0n) is 13.6. The van der Waals surface area contributed by atoms with Gasteiger partial charge in [0.15, 0.2) is 0 Å². The number of hydrogen-bond acceptors (Lipinski definition) is 5. The number of benzene rings is 2. The molecule has 1 aromatic heterocycles. The first-order chi connectivity index (χ1) is 12.6. The Morgan fingerprint density at radius 1 is 0.962 bits per heavy atom. The third kappa shape index (κ3) is 3.96. The maximum Gasteiger partial charge on any atom is 0.271 e. The number of nitro groups is 1. The van der Waals surface area contributed by atoms with E-state index in [0.717, 1.165) is 11.1 Å². The number of carbonyl (C=O) groups is 1. The van der Waals surface area contributed by atoms with Crippen LogP contribution in [0.3, 0.4) is 0 Å². The topological polar surface area (TPSA) is 97.5 Å². The molecular weight excluding hydrogens is 332 g/mol. The summed E-state index contributed by atoms with van der Waals surface area (Å²) in [6.45, 7) is 0. The Morgan fingerprint density at radius 2 is 1.69 bits per heavy atom. The largest absolute Gasteiger partial charge is 0.271 e. The Bertz CT molecular complexity index is 915. The number of pyridine rings is 1. The highest BCUT2D eigenvalue weighted by Crippen LogP contribution is 2.13. The number of nitro benzene ring substituents is 1. The highest BCUT2D eigenvalue weighted by molar-refractivity contribution is 6.13. The lowest BCUT2D eigenvalue weighted by atomic mass is 10.0. The monoisotopic (exact) mass is 346 g/mol. The van der Waals surface area contributed by atoms with Crippen molar-refractivity contribution in [3.63, 3.8) is 0 Å². The van der Waals surface area contributed by atoms with Crippen LogP contribution in [0, 0.1) is 10.1 Å². The second kappa shape index (κ2) is 7.80. The molecule has 0 aliphatic carbocycles. The van der Waals surface area contributed by atoms with Gasteiger partial charge in [0.2, 0.25) is 0 Å². The average molecular weight is 346 g/mol. The van der Waals surface area contributed by atoms with E-state index in [1.54, 1.807) is 18.5 Å². The van der Waals surface area contributed by atoms with E-state index in [0.29, 0.717) is 5.71 Å². The zero-order chi connectivity index (χ0) is 18.4. The standard InChI is InChI=1S/C19H14N4O3/c24-19(15-8-4-10-17(12-15)23(25)26)22-21-18(14-6-2-1-3-7-14)16-9-5-11-20-13-16/h1-13H,(H,22,24)/b21-18+. The molecule has 0 fully saturated rings. The van der Waals surface area contributed by atoms with E-state index in [1.165, 1.54) is 24.3 Å². The summed E-state index contributed by atoms with van der Waals surface area (Å²) >= 11 is 0. The summed E-state index contributed by atoms with van der Waals surface area (Å²) < 4.78 is 0. The van der Waals surface area contributed by atoms with Crippen molar-refractivity contribution in [3.8, 4) is 0 Å². The zero-order valence-corrected chi connectivity index (χ0v) is 13.6. The molecule has 1 N–H and O–H groups in total. The van der Waals surface area contributed by atoms with Gasteiger partial charge in [0.05, 0.1) is 10.6 Å². The van der Waals surface area contributed by atoms with Crippen molar-refractivity contribution in [2.45, 2.75) is 0 Å². The highest BCUT2D eigenvalue weighted by atomic mass is 16.6. The molecule has 0 aliphatic heterocycles. The molecule has 0 unspecified atom stereocenters. The van der Waals surface area contributed by atoms with E-state index in [9.17, 15) is 14.9 Å². The van der Waals surface area contributed by atoms with Crippen molar-refractivity contribution in [2.24, 2.45) is 5.10 Å². The van der Waals surface area contributed by atoms with Gasteiger partial charge in [0.25, 0.3) is 11.6 Å². The number of rotatable bonds is 5. The Balaban J connectivity index is 1.91. The fraction of sp³-hybridized carbons (Fsp3) is 0. The van der Waals surface area contributed by atoms with Crippen molar-refractivity contribution in [3.05, 3.63) is 106 Å². The van der Waals surface area contributed by atoms with Crippen LogP contribution in [0.5, 0.6) is 0 Å². The number of nitrogens with one attached hydrogen (secondary N) is 1. The third-order valence-corrected chi connectivity index (χ3v) is 3.57. The molecule has 7 nitrogen and oxygen atoms in total. The van der Waals surface area contributed by atoms with Crippen molar-refractivity contribution in [1.82, 2.24) is 10.4 Å². The lowest BCUT2D eigenvalue weighted by molar-refractivity contribution is -0.384. The highest BCUT2D eigenvalue weighted by Gasteiger charge is 2.12. The van der Waals surface area contributed by atoms with Crippen LogP contribution in [0.4, 0.5) is 5.69 Å². The van der Waals surface area contributed by atoms with Crippen molar-refractivity contribution in [1.29, 1.82) is 0 Å². The number of nitrogens with zero attached hydrogens (tertiary/aromatic N) is 3. The second-order valence-electron chi connectivity index (χ2n) is 5.32. The molecule has 128 valence electrons. The van der Waals surface area contributed by atoms with Crippen molar-refractivity contribution < 1.29 is 9.72 Å². The predicted octanol–water partition coefficient (Wildman–Crippen LogP) is 3.17. The minimum atomic E-state index is -0.551. The lowest BCUT2D eigenvalue weighted by Gasteiger charge is -2.07. The molecule has 0 saturated carbocycles. The fourth-order valence-electron chi connectivity index (χ4n) is 2.33. The lowest BCUT2D eigenvalue weighted by Crippen LogP contribution is -2.20. The maximum atomic E-state index is 12.3. The fourth-order valence-corrected chi connectivity index (χ4v) is 2.33. The first-order valence-corrected chi connectivity index (χ1v) is 7.73. The minimum Gasteiger partial charge on any atom is -0.267 e. The molecule has 26 heavy (non-hydrogen) atoms. The molecule has 7 heteroatoms. The predicted molar refractivity (Wildman–Crippen MR) is 96.9 cm³/mol. The molecule has 0 radical (unpaired) electrons. The molecule has 3 rings (SSSR count). The van der Waals surface area contributed by atoms with Crippen molar-refractivity contribution in [2.75, 3.05) is 0 Å². The maximum absolute atomic E-state index is 12.3. The molecule has 0 aliphatic rings. The van der Waals surface area contributed by atoms with Crippen LogP contribution in [0.15, 0.2) is 84.2 Å². The minimum absolute atomic E-state index is 0.154. The van der Waals surface area contributed by atoms with Gasteiger partial charge in [0, 0.05) is 41.2 Å². The second-order valence-corrected chi connectivity index (χ2v) is 5.32. The molecule has 1 amide bonds. The molecule has 3 aromatic rings.